The number of aryl methyl sites for hydroxylation is 1. The van der Waals surface area contributed by atoms with Crippen molar-refractivity contribution in [2.24, 2.45) is 0 Å². The number of halogens is 1. The van der Waals surface area contributed by atoms with Gasteiger partial charge in [-0.1, -0.05) is 17.7 Å². The second-order valence-electron chi connectivity index (χ2n) is 4.71. The molecule has 0 aliphatic carbocycles. The zero-order valence-corrected chi connectivity index (χ0v) is 13.0. The number of ether oxygens (including phenoxy) is 2. The summed E-state index contributed by atoms with van der Waals surface area (Å²) in [7, 11) is 0. The van der Waals surface area contributed by atoms with E-state index in [2.05, 4.69) is 6.58 Å². The highest BCUT2D eigenvalue weighted by Crippen LogP contribution is 2.21. The first-order valence-electron chi connectivity index (χ1n) is 6.69. The number of benzene rings is 1. The third-order valence-corrected chi connectivity index (χ3v) is 3.15. The zero-order chi connectivity index (χ0) is 15.8. The van der Waals surface area contributed by atoms with Crippen molar-refractivity contribution in [3.8, 4) is 5.75 Å². The van der Waals surface area contributed by atoms with Crippen LogP contribution in [0.1, 0.15) is 31.7 Å². The molecule has 1 atom stereocenters. The van der Waals surface area contributed by atoms with Crippen LogP contribution in [0, 0.1) is 6.92 Å². The van der Waals surface area contributed by atoms with Crippen LogP contribution in [-0.4, -0.2) is 18.0 Å². The van der Waals surface area contributed by atoms with E-state index in [1.54, 1.807) is 31.2 Å². The van der Waals surface area contributed by atoms with Crippen LogP contribution in [0.4, 0.5) is 0 Å². The fourth-order valence-corrected chi connectivity index (χ4v) is 1.75. The minimum absolute atomic E-state index is 0.00706. The number of hydrogen-bond donors (Lipinski definition) is 0. The van der Waals surface area contributed by atoms with Gasteiger partial charge in [0.2, 0.25) is 0 Å². The highest BCUT2D eigenvalue weighted by atomic mass is 35.5. The van der Waals surface area contributed by atoms with Gasteiger partial charge in [0.05, 0.1) is 12.8 Å². The van der Waals surface area contributed by atoms with E-state index in [9.17, 15) is 9.59 Å². The van der Waals surface area contributed by atoms with Crippen molar-refractivity contribution in [3.63, 3.8) is 0 Å². The lowest BCUT2D eigenvalue weighted by Gasteiger charge is -2.11. The highest BCUT2D eigenvalue weighted by molar-refractivity contribution is 6.31. The smallest absolute Gasteiger partial charge is 0.311 e. The summed E-state index contributed by atoms with van der Waals surface area (Å²) in [6.45, 7) is 7.16. The van der Waals surface area contributed by atoms with Gasteiger partial charge in [0.1, 0.15) is 11.9 Å². The summed E-state index contributed by atoms with van der Waals surface area (Å²) in [5.74, 6) is -0.492. The van der Waals surface area contributed by atoms with Crippen LogP contribution >= 0.6 is 11.6 Å². The monoisotopic (exact) mass is 310 g/mol. The summed E-state index contributed by atoms with van der Waals surface area (Å²) in [6.07, 6.45) is 1.99. The molecular formula is C16H19ClO4. The largest absolute Gasteiger partial charge is 0.462 e. The molecule has 0 aliphatic heterocycles. The molecule has 1 aromatic rings. The van der Waals surface area contributed by atoms with E-state index >= 15 is 0 Å². The van der Waals surface area contributed by atoms with E-state index in [4.69, 9.17) is 21.1 Å². The molecular weight excluding hydrogens is 292 g/mol. The number of rotatable bonds is 7. The molecule has 0 amide bonds. The Kier molecular flexibility index (Phi) is 6.96. The van der Waals surface area contributed by atoms with E-state index in [0.29, 0.717) is 17.2 Å². The molecule has 114 valence electrons. The minimum Gasteiger partial charge on any atom is -0.462 e. The van der Waals surface area contributed by atoms with Gasteiger partial charge in [-0.3, -0.25) is 9.59 Å². The summed E-state index contributed by atoms with van der Waals surface area (Å²) in [5.41, 5.74) is 0.819. The van der Waals surface area contributed by atoms with Crippen molar-refractivity contribution in [3.05, 3.63) is 41.4 Å². The Hall–Kier alpha value is -1.81. The van der Waals surface area contributed by atoms with Crippen LogP contribution in [-0.2, 0) is 14.3 Å². The van der Waals surface area contributed by atoms with Gasteiger partial charge in [0, 0.05) is 11.4 Å². The quantitative estimate of drug-likeness (QED) is 0.436. The van der Waals surface area contributed by atoms with Crippen LogP contribution < -0.4 is 4.74 Å². The molecule has 4 nitrogen and oxygen atoms in total. The maximum atomic E-state index is 11.6. The highest BCUT2D eigenvalue weighted by Gasteiger charge is 2.12. The lowest BCUT2D eigenvalue weighted by Crippen LogP contribution is -2.16. The van der Waals surface area contributed by atoms with Gasteiger partial charge >= 0.3 is 11.9 Å². The van der Waals surface area contributed by atoms with Crippen molar-refractivity contribution < 1.29 is 19.1 Å². The van der Waals surface area contributed by atoms with E-state index in [0.717, 1.165) is 5.56 Å². The zero-order valence-electron chi connectivity index (χ0n) is 12.2. The Labute approximate surface area is 129 Å². The molecule has 1 unspecified atom stereocenters. The fourth-order valence-electron chi connectivity index (χ4n) is 1.63. The second kappa shape index (κ2) is 8.47. The summed E-state index contributed by atoms with van der Waals surface area (Å²) in [5, 5.41) is 0.606. The molecule has 5 heteroatoms. The molecule has 0 saturated carbocycles. The minimum atomic E-state index is -0.481. The van der Waals surface area contributed by atoms with Crippen molar-refractivity contribution in [2.45, 2.75) is 39.2 Å². The van der Waals surface area contributed by atoms with Crippen molar-refractivity contribution in [1.29, 1.82) is 0 Å². The molecule has 0 aromatic heterocycles. The van der Waals surface area contributed by atoms with Crippen molar-refractivity contribution >= 4 is 23.5 Å². The molecule has 0 spiro atoms. The molecule has 1 aromatic carbocycles. The van der Waals surface area contributed by atoms with Gasteiger partial charge in [-0.05, 0) is 37.6 Å². The topological polar surface area (TPSA) is 52.6 Å². The predicted molar refractivity (Wildman–Crippen MR) is 81.4 cm³/mol. The van der Waals surface area contributed by atoms with Gasteiger partial charge in [0.25, 0.3) is 0 Å². The molecule has 0 aliphatic rings. The maximum absolute atomic E-state index is 11.6. The standard InChI is InChI=1S/C16H19ClO4/c1-4-5-12(3)20-15(18)8-9-16(19)21-13-6-7-14(17)11(2)10-13/h4,6-7,10,12H,1,5,8-9H2,2-3H3. The first-order valence-corrected chi connectivity index (χ1v) is 7.07. The molecule has 21 heavy (non-hydrogen) atoms. The van der Waals surface area contributed by atoms with Crippen LogP contribution in [0.5, 0.6) is 5.75 Å². The summed E-state index contributed by atoms with van der Waals surface area (Å²) < 4.78 is 10.2. The molecule has 0 radical (unpaired) electrons. The normalized spacial score (nSPS) is 11.6. The average molecular weight is 311 g/mol. The third kappa shape index (κ3) is 6.45. The van der Waals surface area contributed by atoms with Crippen molar-refractivity contribution in [2.75, 3.05) is 0 Å². The van der Waals surface area contributed by atoms with Gasteiger partial charge in [-0.2, -0.15) is 0 Å². The third-order valence-electron chi connectivity index (χ3n) is 2.73. The Morgan fingerprint density at radius 3 is 2.62 bits per heavy atom. The fraction of sp³-hybridized carbons (Fsp3) is 0.375. The second-order valence-corrected chi connectivity index (χ2v) is 5.12. The van der Waals surface area contributed by atoms with Gasteiger partial charge in [-0.15, -0.1) is 6.58 Å². The Bertz CT molecular complexity index is 525. The van der Waals surface area contributed by atoms with Crippen LogP contribution in [0.3, 0.4) is 0 Å². The van der Waals surface area contributed by atoms with Crippen LogP contribution in [0.25, 0.3) is 0 Å². The van der Waals surface area contributed by atoms with Gasteiger partial charge < -0.3 is 9.47 Å². The lowest BCUT2D eigenvalue weighted by molar-refractivity contribution is -0.150. The molecule has 1 rings (SSSR count). The van der Waals surface area contributed by atoms with Gasteiger partial charge in [-0.25, -0.2) is 0 Å². The summed E-state index contributed by atoms with van der Waals surface area (Å²) in [4.78, 5) is 23.1. The Morgan fingerprint density at radius 1 is 1.33 bits per heavy atom. The predicted octanol–water partition coefficient (Wildman–Crippen LogP) is 3.84. The van der Waals surface area contributed by atoms with E-state index in [1.807, 2.05) is 6.92 Å². The summed E-state index contributed by atoms with van der Waals surface area (Å²) in [6, 6.07) is 4.94. The Morgan fingerprint density at radius 2 is 2.00 bits per heavy atom. The molecule has 0 fully saturated rings. The van der Waals surface area contributed by atoms with Crippen LogP contribution in [0.15, 0.2) is 30.9 Å². The first kappa shape index (κ1) is 17.2. The number of hydrogen-bond acceptors (Lipinski definition) is 4. The first-order chi connectivity index (χ1) is 9.92. The van der Waals surface area contributed by atoms with E-state index in [-0.39, 0.29) is 18.9 Å². The summed E-state index contributed by atoms with van der Waals surface area (Å²) >= 11 is 5.89. The molecule has 0 N–H and O–H groups in total. The Balaban J connectivity index is 2.38. The molecule has 0 bridgehead atoms. The average Bonchev–Trinajstić information content (AvgIpc) is 2.41. The number of carbonyl (C=O) groups excluding carboxylic acids is 2. The molecule has 0 heterocycles. The molecule has 0 saturated heterocycles. The SMILES string of the molecule is C=CCC(C)OC(=O)CCC(=O)Oc1ccc(Cl)c(C)c1. The van der Waals surface area contributed by atoms with Crippen LogP contribution in [0.2, 0.25) is 5.02 Å². The van der Waals surface area contributed by atoms with E-state index in [1.165, 1.54) is 0 Å². The van der Waals surface area contributed by atoms with E-state index < -0.39 is 11.9 Å². The van der Waals surface area contributed by atoms with Gasteiger partial charge in [0.15, 0.2) is 0 Å². The maximum Gasteiger partial charge on any atom is 0.311 e. The number of esters is 2. The lowest BCUT2D eigenvalue weighted by atomic mass is 10.2. The van der Waals surface area contributed by atoms with Crippen molar-refractivity contribution in [1.82, 2.24) is 0 Å². The number of carbonyl (C=O) groups is 2.